The smallest absolute Gasteiger partial charge is 0.416 e. The van der Waals surface area contributed by atoms with Gasteiger partial charge in [0.15, 0.2) is 5.82 Å². The van der Waals surface area contributed by atoms with Gasteiger partial charge in [0, 0.05) is 24.8 Å². The SMILES string of the molecule is O=C(Nc1ccnc(OC[C@@H](O)CO)n1)N1c2nc(-c3cccc(C(F)(F)F)c3)c(Cl)cc2N2CCC[C@H]1C2. The number of fused-ring (bicyclic) bond motifs is 4. The zero-order valence-corrected chi connectivity index (χ0v) is 21.2. The van der Waals surface area contributed by atoms with Gasteiger partial charge in [-0.25, -0.2) is 14.8 Å². The van der Waals surface area contributed by atoms with Gasteiger partial charge in [-0.1, -0.05) is 23.7 Å². The van der Waals surface area contributed by atoms with E-state index in [1.54, 1.807) is 6.07 Å². The highest BCUT2D eigenvalue weighted by Crippen LogP contribution is 2.43. The monoisotopic (exact) mass is 564 g/mol. The lowest BCUT2D eigenvalue weighted by atomic mass is 9.99. The molecule has 3 aromatic rings. The number of piperidine rings is 1. The predicted molar refractivity (Wildman–Crippen MR) is 137 cm³/mol. The van der Waals surface area contributed by atoms with Gasteiger partial charge in [0.25, 0.3) is 0 Å². The summed E-state index contributed by atoms with van der Waals surface area (Å²) in [6, 6.07) is 6.90. The molecular weight excluding hydrogens is 541 g/mol. The van der Waals surface area contributed by atoms with E-state index in [9.17, 15) is 23.1 Å². The first-order chi connectivity index (χ1) is 18.6. The number of hydrogen-bond acceptors (Lipinski definition) is 8. The van der Waals surface area contributed by atoms with E-state index in [1.165, 1.54) is 29.3 Å². The van der Waals surface area contributed by atoms with Gasteiger partial charge >= 0.3 is 18.2 Å². The van der Waals surface area contributed by atoms with Crippen LogP contribution in [0.4, 0.5) is 35.3 Å². The molecule has 0 spiro atoms. The number of anilines is 3. The van der Waals surface area contributed by atoms with Crippen molar-refractivity contribution in [3.05, 3.63) is 53.2 Å². The summed E-state index contributed by atoms with van der Waals surface area (Å²) in [6.45, 7) is 0.529. The molecule has 2 bridgehead atoms. The number of aromatic nitrogens is 3. The maximum absolute atomic E-state index is 13.6. The number of alkyl halides is 3. The molecule has 0 saturated carbocycles. The second kappa shape index (κ2) is 10.8. The van der Waals surface area contributed by atoms with Gasteiger partial charge in [-0.05, 0) is 37.1 Å². The van der Waals surface area contributed by atoms with Gasteiger partial charge in [0.1, 0.15) is 18.5 Å². The number of amides is 2. The lowest BCUT2D eigenvalue weighted by Gasteiger charge is -2.46. The number of rotatable bonds is 6. The zero-order valence-electron chi connectivity index (χ0n) is 20.4. The highest BCUT2D eigenvalue weighted by atomic mass is 35.5. The molecule has 1 fully saturated rings. The van der Waals surface area contributed by atoms with E-state index in [1.807, 2.05) is 0 Å². The molecule has 206 valence electrons. The van der Waals surface area contributed by atoms with E-state index in [0.29, 0.717) is 18.7 Å². The Kier molecular flexibility index (Phi) is 7.47. The van der Waals surface area contributed by atoms with Gasteiger partial charge < -0.3 is 19.8 Å². The molecule has 2 aliphatic rings. The Balaban J connectivity index is 1.48. The Bertz CT molecular complexity index is 1380. The lowest BCUT2D eigenvalue weighted by molar-refractivity contribution is -0.137. The maximum atomic E-state index is 13.6. The fraction of sp³-hybridized carbons (Fsp3) is 0.360. The molecule has 4 heterocycles. The van der Waals surface area contributed by atoms with Crippen molar-refractivity contribution in [1.29, 1.82) is 0 Å². The van der Waals surface area contributed by atoms with Gasteiger partial charge in [0.2, 0.25) is 0 Å². The molecule has 10 nitrogen and oxygen atoms in total. The summed E-state index contributed by atoms with van der Waals surface area (Å²) in [7, 11) is 0. The predicted octanol–water partition coefficient (Wildman–Crippen LogP) is 3.96. The molecule has 0 aliphatic carbocycles. The van der Waals surface area contributed by atoms with E-state index in [2.05, 4.69) is 25.2 Å². The van der Waals surface area contributed by atoms with Crippen molar-refractivity contribution in [3.8, 4) is 17.3 Å². The topological polar surface area (TPSA) is 124 Å². The molecule has 2 aromatic heterocycles. The third-order valence-corrected chi connectivity index (χ3v) is 6.72. The van der Waals surface area contributed by atoms with Crippen molar-refractivity contribution in [1.82, 2.24) is 15.0 Å². The number of nitrogens with zero attached hydrogens (tertiary/aromatic N) is 5. The molecule has 1 saturated heterocycles. The van der Waals surface area contributed by atoms with Crippen molar-refractivity contribution < 1.29 is 32.9 Å². The normalized spacial score (nSPS) is 17.4. The number of aliphatic hydroxyl groups excluding tert-OH is 2. The fourth-order valence-corrected chi connectivity index (χ4v) is 4.87. The van der Waals surface area contributed by atoms with Crippen LogP contribution in [0, 0.1) is 0 Å². The van der Waals surface area contributed by atoms with Gasteiger partial charge in [-0.2, -0.15) is 18.2 Å². The average molecular weight is 565 g/mol. The number of carbonyl (C=O) groups is 1. The standard InChI is InChI=1S/C25H24ClF3N6O4/c26-18-10-19-22(33-21(18)14-3-1-4-15(9-14)25(27,28)29)35(16-5-2-8-34(19)11-16)24(38)32-20-6-7-30-23(31-20)39-13-17(37)12-36/h1,3-4,6-7,9-10,16-17,36-37H,2,5,8,11-13H2,(H,30,31,32,38)/t16-,17-/m0/s1. The van der Waals surface area contributed by atoms with E-state index < -0.39 is 30.5 Å². The zero-order chi connectivity index (χ0) is 27.7. The second-order valence-electron chi connectivity index (χ2n) is 9.15. The van der Waals surface area contributed by atoms with Crippen molar-refractivity contribution in [2.75, 3.05) is 41.4 Å². The highest BCUT2D eigenvalue weighted by molar-refractivity contribution is 6.33. The summed E-state index contributed by atoms with van der Waals surface area (Å²) in [5, 5.41) is 21.3. The first-order valence-electron chi connectivity index (χ1n) is 12.1. The van der Waals surface area contributed by atoms with Crippen LogP contribution in [0.15, 0.2) is 42.6 Å². The van der Waals surface area contributed by atoms with Gasteiger partial charge in [-0.15, -0.1) is 0 Å². The highest BCUT2D eigenvalue weighted by Gasteiger charge is 2.39. The van der Waals surface area contributed by atoms with Crippen LogP contribution in [-0.4, -0.2) is 69.6 Å². The van der Waals surface area contributed by atoms with Crippen LogP contribution < -0.4 is 19.9 Å². The molecule has 2 aliphatic heterocycles. The van der Waals surface area contributed by atoms with Crippen molar-refractivity contribution in [2.45, 2.75) is 31.2 Å². The summed E-state index contributed by atoms with van der Waals surface area (Å²) in [5.41, 5.74) is 0.0673. The van der Waals surface area contributed by atoms with Gasteiger partial charge in [0.05, 0.1) is 34.6 Å². The first kappa shape index (κ1) is 26.9. The van der Waals surface area contributed by atoms with Crippen LogP contribution >= 0.6 is 11.6 Å². The third-order valence-electron chi connectivity index (χ3n) is 6.43. The quantitative estimate of drug-likeness (QED) is 0.411. The van der Waals surface area contributed by atoms with Crippen molar-refractivity contribution in [3.63, 3.8) is 0 Å². The second-order valence-corrected chi connectivity index (χ2v) is 9.56. The number of pyridine rings is 1. The number of ether oxygens (including phenoxy) is 1. The van der Waals surface area contributed by atoms with E-state index in [4.69, 9.17) is 21.4 Å². The molecule has 2 atom stereocenters. The summed E-state index contributed by atoms with van der Waals surface area (Å²) in [5.74, 6) is 0.396. The number of urea groups is 1. The summed E-state index contributed by atoms with van der Waals surface area (Å²) >= 11 is 6.52. The summed E-state index contributed by atoms with van der Waals surface area (Å²) in [4.78, 5) is 29.8. The van der Waals surface area contributed by atoms with Crippen LogP contribution in [0.1, 0.15) is 18.4 Å². The average Bonchev–Trinajstić information content (AvgIpc) is 2.92. The number of carbonyl (C=O) groups excluding carboxylic acids is 1. The third kappa shape index (κ3) is 5.70. The molecule has 5 rings (SSSR count). The van der Waals surface area contributed by atoms with Crippen molar-refractivity contribution >= 4 is 35.0 Å². The molecule has 1 aromatic carbocycles. The van der Waals surface area contributed by atoms with Crippen LogP contribution in [0.2, 0.25) is 5.02 Å². The molecule has 0 unspecified atom stereocenters. The largest absolute Gasteiger partial charge is 0.461 e. The number of halogens is 4. The number of aliphatic hydroxyl groups is 2. The molecule has 3 N–H and O–H groups in total. The van der Waals surface area contributed by atoms with Gasteiger partial charge in [-0.3, -0.25) is 10.2 Å². The minimum Gasteiger partial charge on any atom is -0.461 e. The Hall–Kier alpha value is -3.68. The summed E-state index contributed by atoms with van der Waals surface area (Å²) in [6.07, 6.45) is -2.78. The minimum atomic E-state index is -4.54. The number of nitrogens with one attached hydrogen (secondary N) is 1. The Morgan fingerprint density at radius 2 is 2.08 bits per heavy atom. The van der Waals surface area contributed by atoms with Crippen LogP contribution in [0.3, 0.4) is 0 Å². The molecular formula is C25H24ClF3N6O4. The van der Waals surface area contributed by atoms with Crippen LogP contribution in [0.5, 0.6) is 6.01 Å². The Morgan fingerprint density at radius 1 is 1.26 bits per heavy atom. The van der Waals surface area contributed by atoms with E-state index >= 15 is 0 Å². The van der Waals surface area contributed by atoms with E-state index in [0.717, 1.165) is 25.1 Å². The molecule has 2 amide bonds. The molecule has 39 heavy (non-hydrogen) atoms. The van der Waals surface area contributed by atoms with E-state index in [-0.39, 0.29) is 46.6 Å². The lowest BCUT2D eigenvalue weighted by Crippen LogP contribution is -2.56. The molecule has 0 radical (unpaired) electrons. The van der Waals surface area contributed by atoms with Crippen LogP contribution in [-0.2, 0) is 6.18 Å². The Labute approximate surface area is 226 Å². The Morgan fingerprint density at radius 3 is 2.85 bits per heavy atom. The fourth-order valence-electron chi connectivity index (χ4n) is 4.62. The number of benzene rings is 1. The number of hydrogen-bond donors (Lipinski definition) is 3. The molecule has 14 heteroatoms. The van der Waals surface area contributed by atoms with Crippen LogP contribution in [0.25, 0.3) is 11.3 Å². The van der Waals surface area contributed by atoms with Crippen molar-refractivity contribution in [2.24, 2.45) is 0 Å². The first-order valence-corrected chi connectivity index (χ1v) is 12.5. The maximum Gasteiger partial charge on any atom is 0.416 e. The summed E-state index contributed by atoms with van der Waals surface area (Å²) < 4.78 is 45.3. The minimum absolute atomic E-state index is 0.111.